The first-order valence-electron chi connectivity index (χ1n) is 8.53. The van der Waals surface area contributed by atoms with Gasteiger partial charge in [0.25, 0.3) is 0 Å². The monoisotopic (exact) mass is 409 g/mol. The third-order valence-electron chi connectivity index (χ3n) is 4.41. The lowest BCUT2D eigenvalue weighted by Crippen LogP contribution is -2.38. The maximum Gasteiger partial charge on any atom is 0.191 e. The van der Waals surface area contributed by atoms with Crippen LogP contribution < -0.4 is 5.73 Å². The molecule has 2 rings (SSSR count). The Bertz CT molecular complexity index is 285. The van der Waals surface area contributed by atoms with Crippen molar-refractivity contribution in [3.05, 3.63) is 0 Å². The van der Waals surface area contributed by atoms with Crippen LogP contribution in [0.3, 0.4) is 0 Å². The smallest absolute Gasteiger partial charge is 0.191 e. The number of likely N-dealkylation sites (tertiary alicyclic amines) is 1. The number of halogens is 1. The molecule has 2 fully saturated rings. The van der Waals surface area contributed by atoms with Crippen LogP contribution in [0.2, 0.25) is 0 Å². The van der Waals surface area contributed by atoms with Gasteiger partial charge >= 0.3 is 0 Å². The zero-order valence-corrected chi connectivity index (χ0v) is 15.6. The number of nitrogens with zero attached hydrogens (tertiary/aromatic N) is 2. The van der Waals surface area contributed by atoms with E-state index in [0.717, 1.165) is 38.6 Å². The highest BCUT2D eigenvalue weighted by Crippen LogP contribution is 2.20. The summed E-state index contributed by atoms with van der Waals surface area (Å²) in [7, 11) is 0. The first-order valence-corrected chi connectivity index (χ1v) is 8.53. The SMILES string of the molecule is I.NC(=NCCCOC1CCCCC1)N1CCCCCC1. The summed E-state index contributed by atoms with van der Waals surface area (Å²) in [5.41, 5.74) is 6.08. The first kappa shape index (κ1) is 19.0. The molecule has 2 N–H and O–H groups in total. The summed E-state index contributed by atoms with van der Waals surface area (Å²) in [6.07, 6.45) is 13.2. The van der Waals surface area contributed by atoms with Crippen molar-refractivity contribution < 1.29 is 4.74 Å². The van der Waals surface area contributed by atoms with Gasteiger partial charge in [0, 0.05) is 26.2 Å². The molecular formula is C16H32IN3O. The van der Waals surface area contributed by atoms with Gasteiger partial charge in [-0.1, -0.05) is 32.1 Å². The summed E-state index contributed by atoms with van der Waals surface area (Å²) in [6, 6.07) is 0. The number of hydrogen-bond acceptors (Lipinski definition) is 2. The number of ether oxygens (including phenoxy) is 1. The van der Waals surface area contributed by atoms with Crippen LogP contribution in [0.1, 0.15) is 64.2 Å². The van der Waals surface area contributed by atoms with Crippen LogP contribution in [0.15, 0.2) is 4.99 Å². The van der Waals surface area contributed by atoms with Gasteiger partial charge in [-0.2, -0.15) is 0 Å². The zero-order chi connectivity index (χ0) is 14.0. The molecule has 21 heavy (non-hydrogen) atoms. The van der Waals surface area contributed by atoms with Crippen molar-refractivity contribution in [2.24, 2.45) is 10.7 Å². The van der Waals surface area contributed by atoms with Gasteiger partial charge in [0.2, 0.25) is 0 Å². The van der Waals surface area contributed by atoms with Gasteiger partial charge in [0.1, 0.15) is 0 Å². The summed E-state index contributed by atoms with van der Waals surface area (Å²) in [6.45, 7) is 3.79. The maximum atomic E-state index is 6.08. The van der Waals surface area contributed by atoms with Crippen molar-refractivity contribution in [2.75, 3.05) is 26.2 Å². The lowest BCUT2D eigenvalue weighted by Gasteiger charge is -2.22. The van der Waals surface area contributed by atoms with Crippen LogP contribution in [0.4, 0.5) is 0 Å². The quantitative estimate of drug-likeness (QED) is 0.327. The zero-order valence-electron chi connectivity index (χ0n) is 13.3. The van der Waals surface area contributed by atoms with E-state index in [1.165, 1.54) is 57.8 Å². The third-order valence-corrected chi connectivity index (χ3v) is 4.41. The van der Waals surface area contributed by atoms with Gasteiger partial charge in [0.15, 0.2) is 5.96 Å². The van der Waals surface area contributed by atoms with E-state index in [4.69, 9.17) is 10.5 Å². The van der Waals surface area contributed by atoms with Crippen LogP contribution in [-0.2, 0) is 4.74 Å². The largest absolute Gasteiger partial charge is 0.378 e. The van der Waals surface area contributed by atoms with E-state index >= 15 is 0 Å². The Morgan fingerprint density at radius 3 is 2.29 bits per heavy atom. The molecule has 1 saturated heterocycles. The third kappa shape index (κ3) is 7.68. The van der Waals surface area contributed by atoms with Crippen LogP contribution in [0, 0.1) is 0 Å². The highest BCUT2D eigenvalue weighted by atomic mass is 127. The second kappa shape index (κ2) is 11.5. The molecule has 1 aliphatic heterocycles. The standard InChI is InChI=1S/C16H31N3O.HI/c17-16(19-12-6-1-2-7-13-19)18-11-8-14-20-15-9-4-3-5-10-15;/h15H,1-14H2,(H2,17,18);1H. The minimum absolute atomic E-state index is 0. The van der Waals surface area contributed by atoms with Crippen LogP contribution >= 0.6 is 24.0 Å². The molecule has 1 aliphatic carbocycles. The van der Waals surface area contributed by atoms with Gasteiger partial charge < -0.3 is 15.4 Å². The Labute approximate surface area is 146 Å². The summed E-state index contributed by atoms with van der Waals surface area (Å²) >= 11 is 0. The fourth-order valence-corrected chi connectivity index (χ4v) is 3.14. The molecule has 0 bridgehead atoms. The molecule has 0 atom stereocenters. The van der Waals surface area contributed by atoms with E-state index in [9.17, 15) is 0 Å². The van der Waals surface area contributed by atoms with E-state index in [0.29, 0.717) is 6.10 Å². The van der Waals surface area contributed by atoms with E-state index < -0.39 is 0 Å². The predicted octanol–water partition coefficient (Wildman–Crippen LogP) is 3.53. The normalized spacial score (nSPS) is 21.7. The minimum atomic E-state index is 0. The average molecular weight is 409 g/mol. The van der Waals surface area contributed by atoms with Gasteiger partial charge in [-0.3, -0.25) is 4.99 Å². The summed E-state index contributed by atoms with van der Waals surface area (Å²) in [5.74, 6) is 0.740. The van der Waals surface area contributed by atoms with E-state index in [1.54, 1.807) is 0 Å². The summed E-state index contributed by atoms with van der Waals surface area (Å²) < 4.78 is 5.91. The fraction of sp³-hybridized carbons (Fsp3) is 0.938. The lowest BCUT2D eigenvalue weighted by molar-refractivity contribution is 0.0281. The molecule has 0 radical (unpaired) electrons. The molecule has 1 heterocycles. The maximum absolute atomic E-state index is 6.08. The number of hydrogen-bond donors (Lipinski definition) is 1. The van der Waals surface area contributed by atoms with Crippen molar-refractivity contribution in [3.63, 3.8) is 0 Å². The minimum Gasteiger partial charge on any atom is -0.378 e. The number of aliphatic imine (C=N–C) groups is 1. The number of rotatable bonds is 5. The molecule has 5 heteroatoms. The molecule has 124 valence electrons. The second-order valence-corrected chi connectivity index (χ2v) is 6.13. The fourth-order valence-electron chi connectivity index (χ4n) is 3.14. The molecule has 4 nitrogen and oxygen atoms in total. The molecule has 0 unspecified atom stereocenters. The molecule has 0 aromatic rings. The van der Waals surface area contributed by atoms with Crippen LogP contribution in [0.5, 0.6) is 0 Å². The van der Waals surface area contributed by atoms with E-state index in [1.807, 2.05) is 0 Å². The second-order valence-electron chi connectivity index (χ2n) is 6.13. The molecular weight excluding hydrogens is 377 g/mol. The lowest BCUT2D eigenvalue weighted by atomic mass is 9.98. The topological polar surface area (TPSA) is 50.9 Å². The highest BCUT2D eigenvalue weighted by molar-refractivity contribution is 14.0. The van der Waals surface area contributed by atoms with E-state index in [2.05, 4.69) is 9.89 Å². The van der Waals surface area contributed by atoms with Gasteiger partial charge in [-0.05, 0) is 32.1 Å². The molecule has 1 saturated carbocycles. The van der Waals surface area contributed by atoms with E-state index in [-0.39, 0.29) is 24.0 Å². The van der Waals surface area contributed by atoms with Crippen LogP contribution in [0.25, 0.3) is 0 Å². The molecule has 0 spiro atoms. The Morgan fingerprint density at radius 1 is 1.00 bits per heavy atom. The summed E-state index contributed by atoms with van der Waals surface area (Å²) in [4.78, 5) is 6.76. The first-order chi connectivity index (χ1) is 9.86. The Kier molecular flexibility index (Phi) is 10.4. The molecule has 0 aromatic heterocycles. The Hall–Kier alpha value is -0.0400. The highest BCUT2D eigenvalue weighted by Gasteiger charge is 2.13. The predicted molar refractivity (Wildman–Crippen MR) is 99.4 cm³/mol. The number of guanidine groups is 1. The van der Waals surface area contributed by atoms with Crippen molar-refractivity contribution in [3.8, 4) is 0 Å². The Balaban J connectivity index is 0.00000220. The van der Waals surface area contributed by atoms with Gasteiger partial charge in [-0.15, -0.1) is 24.0 Å². The molecule has 0 amide bonds. The van der Waals surface area contributed by atoms with Crippen LogP contribution in [-0.4, -0.2) is 43.2 Å². The van der Waals surface area contributed by atoms with Crippen molar-refractivity contribution in [1.82, 2.24) is 4.90 Å². The van der Waals surface area contributed by atoms with Gasteiger partial charge in [-0.25, -0.2) is 0 Å². The van der Waals surface area contributed by atoms with Crippen molar-refractivity contribution in [2.45, 2.75) is 70.3 Å². The molecule has 2 aliphatic rings. The van der Waals surface area contributed by atoms with Crippen molar-refractivity contribution >= 4 is 29.9 Å². The van der Waals surface area contributed by atoms with Gasteiger partial charge in [0.05, 0.1) is 6.10 Å². The number of nitrogens with two attached hydrogens (primary N) is 1. The molecule has 0 aromatic carbocycles. The summed E-state index contributed by atoms with van der Waals surface area (Å²) in [5, 5.41) is 0. The average Bonchev–Trinajstić information content (AvgIpc) is 2.77. The Morgan fingerprint density at radius 2 is 1.62 bits per heavy atom. The van der Waals surface area contributed by atoms with Crippen molar-refractivity contribution in [1.29, 1.82) is 0 Å².